The molecule has 0 fully saturated rings. The number of anilines is 2. The van der Waals surface area contributed by atoms with Crippen LogP contribution in [0.5, 0.6) is 5.75 Å². The minimum Gasteiger partial charge on any atom is -0.497 e. The van der Waals surface area contributed by atoms with Crippen molar-refractivity contribution in [3.8, 4) is 5.75 Å². The standard InChI is InChI=1S/C20H23N3O7S/c1-13(23-31(27,28)18-10-8-17(29-3)9-11-18)20(26)30-12-19(25)22-16-6-4-15(5-7-16)21-14(2)24/h4-11,13,23H,12H2,1-3H3,(H,21,24)(H,22,25)/t13-/m0/s1. The number of amides is 2. The van der Waals surface area contributed by atoms with Crippen LogP contribution in [-0.4, -0.2) is 46.0 Å². The summed E-state index contributed by atoms with van der Waals surface area (Å²) in [7, 11) is -2.51. The Labute approximate surface area is 180 Å². The Hall–Kier alpha value is -3.44. The number of benzene rings is 2. The molecule has 0 radical (unpaired) electrons. The van der Waals surface area contributed by atoms with Crippen molar-refractivity contribution in [2.45, 2.75) is 24.8 Å². The molecule has 0 saturated heterocycles. The normalized spacial score (nSPS) is 11.8. The van der Waals surface area contributed by atoms with Crippen molar-refractivity contribution in [1.29, 1.82) is 0 Å². The van der Waals surface area contributed by atoms with Crippen LogP contribution in [0.15, 0.2) is 53.4 Å². The fourth-order valence-electron chi connectivity index (χ4n) is 2.40. The molecule has 0 aliphatic carbocycles. The highest BCUT2D eigenvalue weighted by Gasteiger charge is 2.23. The number of hydrogen-bond donors (Lipinski definition) is 3. The van der Waals surface area contributed by atoms with Crippen molar-refractivity contribution >= 4 is 39.2 Å². The van der Waals surface area contributed by atoms with E-state index in [4.69, 9.17) is 9.47 Å². The number of nitrogens with one attached hydrogen (secondary N) is 3. The lowest BCUT2D eigenvalue weighted by Crippen LogP contribution is -2.40. The summed E-state index contributed by atoms with van der Waals surface area (Å²) in [5.74, 6) is -1.25. The summed E-state index contributed by atoms with van der Waals surface area (Å²) >= 11 is 0. The minimum atomic E-state index is -3.97. The van der Waals surface area contributed by atoms with E-state index in [1.807, 2.05) is 0 Å². The Morgan fingerprint density at radius 1 is 0.935 bits per heavy atom. The average molecular weight is 449 g/mol. The van der Waals surface area contributed by atoms with Crippen molar-refractivity contribution in [3.63, 3.8) is 0 Å². The Kier molecular flexibility index (Phi) is 8.11. The van der Waals surface area contributed by atoms with E-state index in [1.165, 1.54) is 45.2 Å². The molecule has 10 nitrogen and oxygen atoms in total. The molecule has 2 aromatic rings. The molecule has 0 saturated carbocycles. The van der Waals surface area contributed by atoms with Gasteiger partial charge in [-0.3, -0.25) is 14.4 Å². The predicted molar refractivity (Wildman–Crippen MR) is 113 cm³/mol. The molecule has 166 valence electrons. The van der Waals surface area contributed by atoms with E-state index in [9.17, 15) is 22.8 Å². The number of sulfonamides is 1. The van der Waals surface area contributed by atoms with E-state index in [2.05, 4.69) is 15.4 Å². The number of rotatable bonds is 9. The zero-order chi connectivity index (χ0) is 23.0. The van der Waals surface area contributed by atoms with Gasteiger partial charge in [-0.1, -0.05) is 0 Å². The third-order valence-corrected chi connectivity index (χ3v) is 5.45. The van der Waals surface area contributed by atoms with Crippen molar-refractivity contribution < 1.29 is 32.3 Å². The fourth-order valence-corrected chi connectivity index (χ4v) is 3.59. The van der Waals surface area contributed by atoms with Gasteiger partial charge in [-0.15, -0.1) is 0 Å². The van der Waals surface area contributed by atoms with Gasteiger partial charge in [0.1, 0.15) is 11.8 Å². The molecule has 2 rings (SSSR count). The van der Waals surface area contributed by atoms with E-state index in [-0.39, 0.29) is 10.8 Å². The highest BCUT2D eigenvalue weighted by molar-refractivity contribution is 7.89. The molecule has 1 atom stereocenters. The molecule has 0 aliphatic rings. The Morgan fingerprint density at radius 2 is 1.48 bits per heavy atom. The van der Waals surface area contributed by atoms with Crippen LogP contribution in [0.25, 0.3) is 0 Å². The van der Waals surface area contributed by atoms with Crippen LogP contribution in [-0.2, 0) is 29.1 Å². The molecule has 0 unspecified atom stereocenters. The van der Waals surface area contributed by atoms with Crippen molar-refractivity contribution in [2.24, 2.45) is 0 Å². The van der Waals surface area contributed by atoms with Gasteiger partial charge in [0.15, 0.2) is 6.61 Å². The van der Waals surface area contributed by atoms with Gasteiger partial charge in [0.25, 0.3) is 5.91 Å². The van der Waals surface area contributed by atoms with E-state index < -0.39 is 34.5 Å². The Morgan fingerprint density at radius 3 is 2.00 bits per heavy atom. The van der Waals surface area contributed by atoms with Gasteiger partial charge >= 0.3 is 5.97 Å². The maximum absolute atomic E-state index is 12.4. The summed E-state index contributed by atoms with van der Waals surface area (Å²) in [6.07, 6.45) is 0. The zero-order valence-corrected chi connectivity index (χ0v) is 18.0. The first-order valence-electron chi connectivity index (χ1n) is 9.11. The van der Waals surface area contributed by atoms with Crippen LogP contribution in [0.4, 0.5) is 11.4 Å². The lowest BCUT2D eigenvalue weighted by Gasteiger charge is -2.14. The maximum Gasteiger partial charge on any atom is 0.324 e. The van der Waals surface area contributed by atoms with Crippen molar-refractivity contribution in [2.75, 3.05) is 24.4 Å². The monoisotopic (exact) mass is 449 g/mol. The van der Waals surface area contributed by atoms with Crippen LogP contribution in [0.1, 0.15) is 13.8 Å². The van der Waals surface area contributed by atoms with Gasteiger partial charge in [-0.25, -0.2) is 8.42 Å². The highest BCUT2D eigenvalue weighted by atomic mass is 32.2. The smallest absolute Gasteiger partial charge is 0.324 e. The Bertz CT molecular complexity index is 1040. The molecule has 0 aromatic heterocycles. The van der Waals surface area contributed by atoms with Gasteiger partial charge in [0.05, 0.1) is 12.0 Å². The summed E-state index contributed by atoms with van der Waals surface area (Å²) in [6, 6.07) is 10.7. The molecular formula is C20H23N3O7S. The molecule has 0 bridgehead atoms. The molecule has 0 spiro atoms. The van der Waals surface area contributed by atoms with Gasteiger partial charge in [0.2, 0.25) is 15.9 Å². The maximum atomic E-state index is 12.4. The summed E-state index contributed by atoms with van der Waals surface area (Å²) in [5.41, 5.74) is 0.998. The van der Waals surface area contributed by atoms with E-state index in [1.54, 1.807) is 24.3 Å². The molecule has 2 aromatic carbocycles. The molecule has 11 heteroatoms. The van der Waals surface area contributed by atoms with Crippen molar-refractivity contribution in [3.05, 3.63) is 48.5 Å². The average Bonchev–Trinajstić information content (AvgIpc) is 2.72. The third kappa shape index (κ3) is 7.39. The highest BCUT2D eigenvalue weighted by Crippen LogP contribution is 2.16. The van der Waals surface area contributed by atoms with Crippen LogP contribution in [0, 0.1) is 0 Å². The first-order valence-corrected chi connectivity index (χ1v) is 10.6. The zero-order valence-electron chi connectivity index (χ0n) is 17.2. The molecular weight excluding hydrogens is 426 g/mol. The molecule has 2 amide bonds. The van der Waals surface area contributed by atoms with Gasteiger partial charge in [-0.05, 0) is 55.5 Å². The largest absolute Gasteiger partial charge is 0.497 e. The van der Waals surface area contributed by atoms with Gasteiger partial charge in [0, 0.05) is 18.3 Å². The van der Waals surface area contributed by atoms with Crippen LogP contribution >= 0.6 is 0 Å². The summed E-state index contributed by atoms with van der Waals surface area (Å²) < 4.78 is 36.8. The lowest BCUT2D eigenvalue weighted by atomic mass is 10.2. The van der Waals surface area contributed by atoms with Gasteiger partial charge in [-0.2, -0.15) is 4.72 Å². The number of hydrogen-bond acceptors (Lipinski definition) is 7. The minimum absolute atomic E-state index is 0.0478. The number of ether oxygens (including phenoxy) is 2. The molecule has 31 heavy (non-hydrogen) atoms. The molecule has 0 heterocycles. The predicted octanol–water partition coefficient (Wildman–Crippen LogP) is 1.50. The number of methoxy groups -OCH3 is 1. The topological polar surface area (TPSA) is 140 Å². The quantitative estimate of drug-likeness (QED) is 0.493. The van der Waals surface area contributed by atoms with Crippen LogP contribution in [0.2, 0.25) is 0 Å². The number of esters is 1. The third-order valence-electron chi connectivity index (χ3n) is 3.89. The molecule has 3 N–H and O–H groups in total. The van der Waals surface area contributed by atoms with Crippen molar-refractivity contribution in [1.82, 2.24) is 4.72 Å². The summed E-state index contributed by atoms with van der Waals surface area (Å²) in [4.78, 5) is 35.0. The second kappa shape index (κ2) is 10.5. The second-order valence-corrected chi connectivity index (χ2v) is 8.15. The second-order valence-electron chi connectivity index (χ2n) is 6.43. The first kappa shape index (κ1) is 23.8. The summed E-state index contributed by atoms with van der Waals surface area (Å²) in [5, 5.41) is 5.11. The number of carbonyl (C=O) groups excluding carboxylic acids is 3. The molecule has 0 aliphatic heterocycles. The SMILES string of the molecule is COc1ccc(S(=O)(=O)N[C@@H](C)C(=O)OCC(=O)Nc2ccc(NC(C)=O)cc2)cc1. The lowest BCUT2D eigenvalue weighted by molar-refractivity contribution is -0.148. The summed E-state index contributed by atoms with van der Waals surface area (Å²) in [6.45, 7) is 2.09. The first-order chi connectivity index (χ1) is 14.6. The van der Waals surface area contributed by atoms with E-state index >= 15 is 0 Å². The fraction of sp³-hybridized carbons (Fsp3) is 0.250. The van der Waals surface area contributed by atoms with E-state index in [0.717, 1.165) is 0 Å². The van der Waals surface area contributed by atoms with Crippen LogP contribution < -0.4 is 20.1 Å². The van der Waals surface area contributed by atoms with Crippen LogP contribution in [0.3, 0.4) is 0 Å². The van der Waals surface area contributed by atoms with Gasteiger partial charge < -0.3 is 20.1 Å². The Balaban J connectivity index is 1.85. The number of carbonyl (C=O) groups is 3. The van der Waals surface area contributed by atoms with E-state index in [0.29, 0.717) is 17.1 Å².